The summed E-state index contributed by atoms with van der Waals surface area (Å²) in [5, 5.41) is 0. The SMILES string of the molecule is O=S(=O)(OCC1(CF)CCCC1)C(F)(F)F. The number of rotatable bonds is 4. The summed E-state index contributed by atoms with van der Waals surface area (Å²) in [4.78, 5) is 0. The van der Waals surface area contributed by atoms with Crippen LogP contribution in [0.5, 0.6) is 0 Å². The maximum absolute atomic E-state index is 12.7. The van der Waals surface area contributed by atoms with E-state index in [1.165, 1.54) is 0 Å². The molecule has 16 heavy (non-hydrogen) atoms. The molecule has 1 aliphatic rings. The number of hydrogen-bond acceptors (Lipinski definition) is 3. The van der Waals surface area contributed by atoms with Crippen LogP contribution in [0.4, 0.5) is 17.6 Å². The highest BCUT2D eigenvalue weighted by atomic mass is 32.2. The Morgan fingerprint density at radius 1 is 1.19 bits per heavy atom. The first-order chi connectivity index (χ1) is 7.22. The van der Waals surface area contributed by atoms with Crippen molar-refractivity contribution in [1.82, 2.24) is 0 Å². The Kier molecular flexibility index (Phi) is 3.83. The molecule has 8 heteroatoms. The van der Waals surface area contributed by atoms with E-state index in [0.29, 0.717) is 25.7 Å². The molecule has 0 aromatic rings. The Balaban J connectivity index is 2.64. The van der Waals surface area contributed by atoms with E-state index < -0.39 is 34.3 Å². The van der Waals surface area contributed by atoms with E-state index in [1.807, 2.05) is 0 Å². The average Bonchev–Trinajstić information content (AvgIpc) is 2.62. The van der Waals surface area contributed by atoms with E-state index >= 15 is 0 Å². The second kappa shape index (κ2) is 4.48. The summed E-state index contributed by atoms with van der Waals surface area (Å²) in [5.41, 5.74) is -6.50. The minimum atomic E-state index is -5.60. The fourth-order valence-corrected chi connectivity index (χ4v) is 2.25. The first-order valence-corrected chi connectivity index (χ1v) is 6.15. The monoisotopic (exact) mass is 264 g/mol. The van der Waals surface area contributed by atoms with Crippen LogP contribution < -0.4 is 0 Å². The second-order valence-corrected chi connectivity index (χ2v) is 5.61. The smallest absolute Gasteiger partial charge is 0.262 e. The van der Waals surface area contributed by atoms with Gasteiger partial charge < -0.3 is 0 Å². The third kappa shape index (κ3) is 2.85. The van der Waals surface area contributed by atoms with Crippen LogP contribution in [0.25, 0.3) is 0 Å². The molecule has 1 aliphatic carbocycles. The van der Waals surface area contributed by atoms with Crippen molar-refractivity contribution in [2.24, 2.45) is 5.41 Å². The Morgan fingerprint density at radius 3 is 2.06 bits per heavy atom. The molecule has 0 aliphatic heterocycles. The molecule has 0 aromatic carbocycles. The molecule has 0 unspecified atom stereocenters. The van der Waals surface area contributed by atoms with E-state index in [1.54, 1.807) is 0 Å². The quantitative estimate of drug-likeness (QED) is 0.445. The van der Waals surface area contributed by atoms with E-state index in [2.05, 4.69) is 4.18 Å². The third-order valence-electron chi connectivity index (χ3n) is 2.75. The van der Waals surface area contributed by atoms with Gasteiger partial charge in [0.15, 0.2) is 0 Å². The van der Waals surface area contributed by atoms with Gasteiger partial charge in [-0.2, -0.15) is 21.6 Å². The van der Waals surface area contributed by atoms with Gasteiger partial charge in [0.05, 0.1) is 13.3 Å². The highest BCUT2D eigenvalue weighted by Crippen LogP contribution is 2.39. The van der Waals surface area contributed by atoms with Crippen molar-refractivity contribution in [1.29, 1.82) is 0 Å². The van der Waals surface area contributed by atoms with Crippen molar-refractivity contribution in [3.63, 3.8) is 0 Å². The lowest BCUT2D eigenvalue weighted by Crippen LogP contribution is -2.32. The van der Waals surface area contributed by atoms with E-state index in [-0.39, 0.29) is 0 Å². The van der Waals surface area contributed by atoms with Gasteiger partial charge in [-0.25, -0.2) is 0 Å². The van der Waals surface area contributed by atoms with Crippen LogP contribution >= 0.6 is 0 Å². The highest BCUT2D eigenvalue weighted by Gasteiger charge is 2.49. The molecule has 1 fully saturated rings. The summed E-state index contributed by atoms with van der Waals surface area (Å²) in [6.45, 7) is -1.59. The van der Waals surface area contributed by atoms with E-state index in [4.69, 9.17) is 0 Å². The van der Waals surface area contributed by atoms with Gasteiger partial charge in [-0.3, -0.25) is 8.57 Å². The van der Waals surface area contributed by atoms with Gasteiger partial charge in [0.2, 0.25) is 0 Å². The molecule has 0 amide bonds. The van der Waals surface area contributed by atoms with Crippen LogP contribution in [0.3, 0.4) is 0 Å². The van der Waals surface area contributed by atoms with Crippen molar-refractivity contribution in [2.75, 3.05) is 13.3 Å². The molecule has 3 nitrogen and oxygen atoms in total. The normalized spacial score (nSPS) is 21.2. The lowest BCUT2D eigenvalue weighted by molar-refractivity contribution is -0.0571. The lowest BCUT2D eigenvalue weighted by Gasteiger charge is -2.24. The molecule has 0 spiro atoms. The molecule has 0 heterocycles. The molecule has 0 saturated heterocycles. The fourth-order valence-electron chi connectivity index (χ4n) is 1.71. The Morgan fingerprint density at radius 2 is 1.69 bits per heavy atom. The topological polar surface area (TPSA) is 43.4 Å². The first kappa shape index (κ1) is 13.7. The van der Waals surface area contributed by atoms with Crippen molar-refractivity contribution >= 4 is 10.1 Å². The van der Waals surface area contributed by atoms with Crippen molar-refractivity contribution in [3.05, 3.63) is 0 Å². The second-order valence-electron chi connectivity index (χ2n) is 4.00. The maximum Gasteiger partial charge on any atom is 0.523 e. The summed E-state index contributed by atoms with van der Waals surface area (Å²) >= 11 is 0. The first-order valence-electron chi connectivity index (χ1n) is 4.74. The average molecular weight is 264 g/mol. The summed E-state index contributed by atoms with van der Waals surface area (Å²) in [6, 6.07) is 0. The van der Waals surface area contributed by atoms with Gasteiger partial charge in [0, 0.05) is 5.41 Å². The Labute approximate surface area is 90.9 Å². The van der Waals surface area contributed by atoms with Crippen LogP contribution in [0.2, 0.25) is 0 Å². The highest BCUT2D eigenvalue weighted by molar-refractivity contribution is 7.87. The molecule has 0 aromatic heterocycles. The molecule has 96 valence electrons. The molecular formula is C8H12F4O3S. The molecule has 0 radical (unpaired) electrons. The van der Waals surface area contributed by atoms with Gasteiger partial charge in [-0.1, -0.05) is 12.8 Å². The van der Waals surface area contributed by atoms with Crippen molar-refractivity contribution in [3.8, 4) is 0 Å². The lowest BCUT2D eigenvalue weighted by atomic mass is 9.89. The van der Waals surface area contributed by atoms with Crippen molar-refractivity contribution < 1.29 is 30.2 Å². The van der Waals surface area contributed by atoms with Gasteiger partial charge in [-0.15, -0.1) is 0 Å². The molecule has 1 rings (SSSR count). The number of halogens is 4. The Bertz CT molecular complexity index is 330. The largest absolute Gasteiger partial charge is 0.523 e. The zero-order chi connectivity index (χ0) is 12.4. The standard InChI is InChI=1S/C8H12F4O3S/c9-5-7(3-1-2-4-7)6-15-16(13,14)8(10,11)12/h1-6H2. The Hall–Kier alpha value is -0.370. The molecule has 0 atom stereocenters. The third-order valence-corrected chi connectivity index (χ3v) is 3.75. The fraction of sp³-hybridized carbons (Fsp3) is 1.00. The van der Waals surface area contributed by atoms with Crippen LogP contribution in [0.15, 0.2) is 0 Å². The molecule has 0 bridgehead atoms. The minimum absolute atomic E-state index is 0.358. The van der Waals surface area contributed by atoms with Crippen LogP contribution in [0, 0.1) is 5.41 Å². The molecule has 0 N–H and O–H groups in total. The minimum Gasteiger partial charge on any atom is -0.262 e. The zero-order valence-electron chi connectivity index (χ0n) is 8.39. The van der Waals surface area contributed by atoms with Crippen LogP contribution in [0.1, 0.15) is 25.7 Å². The summed E-state index contributed by atoms with van der Waals surface area (Å²) in [5.74, 6) is 0. The zero-order valence-corrected chi connectivity index (χ0v) is 9.20. The van der Waals surface area contributed by atoms with Crippen LogP contribution in [-0.4, -0.2) is 27.2 Å². The van der Waals surface area contributed by atoms with Gasteiger partial charge in [0.1, 0.15) is 0 Å². The number of alkyl halides is 4. The molecular weight excluding hydrogens is 252 g/mol. The molecule has 1 saturated carbocycles. The van der Waals surface area contributed by atoms with Gasteiger partial charge in [-0.05, 0) is 12.8 Å². The summed E-state index contributed by atoms with van der Waals surface area (Å²) < 4.78 is 73.5. The summed E-state index contributed by atoms with van der Waals surface area (Å²) in [6.07, 6.45) is 2.08. The van der Waals surface area contributed by atoms with Gasteiger partial charge in [0.25, 0.3) is 0 Å². The van der Waals surface area contributed by atoms with Crippen LogP contribution in [-0.2, 0) is 14.3 Å². The van der Waals surface area contributed by atoms with Gasteiger partial charge >= 0.3 is 15.6 Å². The van der Waals surface area contributed by atoms with Crippen molar-refractivity contribution in [2.45, 2.75) is 31.2 Å². The summed E-state index contributed by atoms with van der Waals surface area (Å²) in [7, 11) is -5.60. The maximum atomic E-state index is 12.7. The predicted octanol–water partition coefficient (Wildman–Crippen LogP) is 2.38. The van der Waals surface area contributed by atoms with E-state index in [9.17, 15) is 26.0 Å². The van der Waals surface area contributed by atoms with E-state index in [0.717, 1.165) is 0 Å². The predicted molar refractivity (Wildman–Crippen MR) is 47.8 cm³/mol. The number of hydrogen-bond donors (Lipinski definition) is 0.